The second-order valence-corrected chi connectivity index (χ2v) is 6.68. The lowest BCUT2D eigenvalue weighted by molar-refractivity contribution is 0.575. The number of nitrogens with one attached hydrogen (secondary N) is 1. The maximum Gasteiger partial charge on any atom is 0.104 e. The molecule has 0 saturated heterocycles. The lowest BCUT2D eigenvalue weighted by atomic mass is 9.83. The number of benzene rings is 1. The minimum atomic E-state index is 0.00524. The minimum absolute atomic E-state index is 0.00524. The molecule has 1 N–H and O–H groups in total. The van der Waals surface area contributed by atoms with Gasteiger partial charge in [0.15, 0.2) is 0 Å². The van der Waals surface area contributed by atoms with Gasteiger partial charge in [-0.2, -0.15) is 0 Å². The first-order valence-corrected chi connectivity index (χ1v) is 6.30. The van der Waals surface area contributed by atoms with Crippen molar-refractivity contribution in [3.05, 3.63) is 23.3 Å². The third kappa shape index (κ3) is 1.90. The van der Waals surface area contributed by atoms with Gasteiger partial charge in [-0.05, 0) is 49.4 Å². The van der Waals surface area contributed by atoms with Crippen LogP contribution in [0.5, 0.6) is 0 Å². The van der Waals surface area contributed by atoms with Crippen molar-refractivity contribution in [1.29, 1.82) is 0 Å². The van der Waals surface area contributed by atoms with Crippen molar-refractivity contribution >= 4 is 11.4 Å². The van der Waals surface area contributed by atoms with E-state index < -0.39 is 0 Å². The highest BCUT2D eigenvalue weighted by Gasteiger charge is 2.33. The van der Waals surface area contributed by atoms with Gasteiger partial charge in [0, 0.05) is 7.05 Å². The summed E-state index contributed by atoms with van der Waals surface area (Å²) in [7, 11) is 2.15. The molecule has 2 nitrogen and oxygen atoms in total. The number of nitrogens with zero attached hydrogens (tertiary/aromatic N) is 1. The van der Waals surface area contributed by atoms with Gasteiger partial charge in [-0.1, -0.05) is 20.8 Å². The van der Waals surface area contributed by atoms with E-state index in [-0.39, 0.29) is 11.1 Å². The number of aryl methyl sites for hydroxylation is 1. The monoisotopic (exact) mass is 232 g/mol. The topological polar surface area (TPSA) is 15.3 Å². The highest BCUT2D eigenvalue weighted by atomic mass is 15.4. The summed E-state index contributed by atoms with van der Waals surface area (Å²) in [5, 5.41) is 3.57. The Morgan fingerprint density at radius 1 is 1.18 bits per heavy atom. The molecule has 0 radical (unpaired) electrons. The molecule has 0 fully saturated rings. The van der Waals surface area contributed by atoms with Crippen LogP contribution >= 0.6 is 0 Å². The summed E-state index contributed by atoms with van der Waals surface area (Å²) >= 11 is 0. The van der Waals surface area contributed by atoms with Crippen molar-refractivity contribution in [3.8, 4) is 0 Å². The predicted molar refractivity (Wildman–Crippen MR) is 76.0 cm³/mol. The van der Waals surface area contributed by atoms with Crippen LogP contribution < -0.4 is 10.2 Å². The van der Waals surface area contributed by atoms with E-state index in [0.29, 0.717) is 0 Å². The van der Waals surface area contributed by atoms with E-state index in [1.807, 2.05) is 0 Å². The van der Waals surface area contributed by atoms with Gasteiger partial charge in [-0.15, -0.1) is 0 Å². The van der Waals surface area contributed by atoms with Gasteiger partial charge in [0.25, 0.3) is 0 Å². The zero-order valence-corrected chi connectivity index (χ0v) is 12.1. The van der Waals surface area contributed by atoms with E-state index in [2.05, 4.69) is 70.9 Å². The fraction of sp³-hybridized carbons (Fsp3) is 0.600. The number of rotatable bonds is 0. The Bertz CT molecular complexity index is 453. The second-order valence-electron chi connectivity index (χ2n) is 6.68. The molecule has 17 heavy (non-hydrogen) atoms. The zero-order chi connectivity index (χ0) is 13.0. The molecule has 0 amide bonds. The number of fused-ring (bicyclic) bond motifs is 1. The number of hydrogen-bond acceptors (Lipinski definition) is 2. The maximum absolute atomic E-state index is 3.57. The molecule has 0 spiro atoms. The predicted octanol–water partition coefficient (Wildman–Crippen LogP) is 3.89. The summed E-state index contributed by atoms with van der Waals surface area (Å²) in [6.45, 7) is 13.4. The van der Waals surface area contributed by atoms with Gasteiger partial charge < -0.3 is 10.2 Å². The summed E-state index contributed by atoms with van der Waals surface area (Å²) < 4.78 is 0. The smallest absolute Gasteiger partial charge is 0.104 e. The van der Waals surface area contributed by atoms with Crippen molar-refractivity contribution in [2.45, 2.75) is 52.6 Å². The standard InChI is InChI=1S/C15H24N2/c1-10-8-12-13(9-11(10)14(2,3)4)17(7)15(5,6)16-12/h8-9,16H,1-7H3. The Morgan fingerprint density at radius 3 is 2.29 bits per heavy atom. The molecule has 0 bridgehead atoms. The molecule has 94 valence electrons. The van der Waals surface area contributed by atoms with Crippen molar-refractivity contribution in [2.24, 2.45) is 0 Å². The van der Waals surface area contributed by atoms with Crippen LogP contribution in [-0.2, 0) is 5.41 Å². The van der Waals surface area contributed by atoms with Gasteiger partial charge in [0.1, 0.15) is 5.66 Å². The Hall–Kier alpha value is -1.18. The maximum atomic E-state index is 3.57. The lowest BCUT2D eigenvalue weighted by Gasteiger charge is -2.30. The van der Waals surface area contributed by atoms with Gasteiger partial charge in [-0.3, -0.25) is 0 Å². The van der Waals surface area contributed by atoms with Crippen molar-refractivity contribution in [2.75, 3.05) is 17.3 Å². The molecule has 1 aromatic rings. The van der Waals surface area contributed by atoms with E-state index >= 15 is 0 Å². The van der Waals surface area contributed by atoms with Crippen LogP contribution in [0.2, 0.25) is 0 Å². The zero-order valence-electron chi connectivity index (χ0n) is 12.1. The lowest BCUT2D eigenvalue weighted by Crippen LogP contribution is -2.42. The average Bonchev–Trinajstić information content (AvgIpc) is 2.34. The molecule has 0 aromatic heterocycles. The van der Waals surface area contributed by atoms with Crippen LogP contribution in [-0.4, -0.2) is 12.7 Å². The third-order valence-electron chi connectivity index (χ3n) is 3.79. The van der Waals surface area contributed by atoms with Crippen molar-refractivity contribution in [1.82, 2.24) is 0 Å². The van der Waals surface area contributed by atoms with Crippen LogP contribution in [0, 0.1) is 6.92 Å². The third-order valence-corrected chi connectivity index (χ3v) is 3.79. The highest BCUT2D eigenvalue weighted by Crippen LogP contribution is 2.42. The molecule has 0 aliphatic carbocycles. The van der Waals surface area contributed by atoms with Gasteiger partial charge >= 0.3 is 0 Å². The highest BCUT2D eigenvalue weighted by molar-refractivity contribution is 5.79. The fourth-order valence-electron chi connectivity index (χ4n) is 2.60. The van der Waals surface area contributed by atoms with E-state index in [4.69, 9.17) is 0 Å². The molecule has 0 atom stereocenters. The van der Waals surface area contributed by atoms with E-state index in [0.717, 1.165) is 0 Å². The largest absolute Gasteiger partial charge is 0.361 e. The molecule has 1 aliphatic heterocycles. The molecule has 2 heteroatoms. The molecule has 2 rings (SSSR count). The number of hydrogen-bond donors (Lipinski definition) is 1. The van der Waals surface area contributed by atoms with Gasteiger partial charge in [0.05, 0.1) is 11.4 Å². The molecule has 0 saturated carbocycles. The van der Waals surface area contributed by atoms with Crippen LogP contribution in [0.15, 0.2) is 12.1 Å². The summed E-state index contributed by atoms with van der Waals surface area (Å²) in [5.74, 6) is 0. The molecule has 1 aromatic carbocycles. The van der Waals surface area contributed by atoms with E-state index in [1.165, 1.54) is 22.5 Å². The SMILES string of the molecule is Cc1cc2c(cc1C(C)(C)C)N(C)C(C)(C)N2. The number of anilines is 2. The first-order valence-electron chi connectivity index (χ1n) is 6.30. The quantitative estimate of drug-likeness (QED) is 0.730. The normalized spacial score (nSPS) is 17.9. The van der Waals surface area contributed by atoms with Crippen LogP contribution in [0.4, 0.5) is 11.4 Å². The Labute approximate surface area is 105 Å². The molecule has 0 unspecified atom stereocenters. The summed E-state index contributed by atoms with van der Waals surface area (Å²) in [6, 6.07) is 4.62. The van der Waals surface area contributed by atoms with Crippen LogP contribution in [0.25, 0.3) is 0 Å². The summed E-state index contributed by atoms with van der Waals surface area (Å²) in [6.07, 6.45) is 0. The Balaban J connectivity index is 2.57. The Kier molecular flexibility index (Phi) is 2.46. The molecular weight excluding hydrogens is 208 g/mol. The average molecular weight is 232 g/mol. The second kappa shape index (κ2) is 3.41. The van der Waals surface area contributed by atoms with Gasteiger partial charge in [0.2, 0.25) is 0 Å². The van der Waals surface area contributed by atoms with Crippen molar-refractivity contribution in [3.63, 3.8) is 0 Å². The van der Waals surface area contributed by atoms with Crippen LogP contribution in [0.1, 0.15) is 45.7 Å². The molecule has 1 aliphatic rings. The summed E-state index contributed by atoms with van der Waals surface area (Å²) in [5.41, 5.74) is 5.57. The van der Waals surface area contributed by atoms with Crippen LogP contribution in [0.3, 0.4) is 0 Å². The van der Waals surface area contributed by atoms with E-state index in [1.54, 1.807) is 0 Å². The first kappa shape index (κ1) is 12.3. The first-order chi connectivity index (χ1) is 7.63. The minimum Gasteiger partial charge on any atom is -0.361 e. The van der Waals surface area contributed by atoms with Crippen molar-refractivity contribution < 1.29 is 0 Å². The summed E-state index contributed by atoms with van der Waals surface area (Å²) in [4.78, 5) is 2.32. The molecule has 1 heterocycles. The van der Waals surface area contributed by atoms with Gasteiger partial charge in [-0.25, -0.2) is 0 Å². The van der Waals surface area contributed by atoms with E-state index in [9.17, 15) is 0 Å². The molecular formula is C15H24N2. The fourth-order valence-corrected chi connectivity index (χ4v) is 2.60. The Morgan fingerprint density at radius 2 is 1.76 bits per heavy atom.